The van der Waals surface area contributed by atoms with E-state index in [0.29, 0.717) is 60.9 Å². The highest BCUT2D eigenvalue weighted by Gasteiger charge is 2.26. The number of aliphatic hydroxyl groups excluding tert-OH is 1. The molecular weight excluding hydrogens is 537 g/mol. The van der Waals surface area contributed by atoms with Gasteiger partial charge in [-0.2, -0.15) is 0 Å². The normalized spacial score (nSPS) is 15.8. The molecular formula is C29H31ClFN5O4. The number of rotatable bonds is 7. The van der Waals surface area contributed by atoms with Crippen molar-refractivity contribution in [2.45, 2.75) is 12.5 Å². The number of aliphatic hydroxyl groups is 2. The molecule has 0 aliphatic carbocycles. The second-order valence-electron chi connectivity index (χ2n) is 10.4. The Morgan fingerprint density at radius 2 is 1.70 bits per heavy atom. The average molecular weight is 568 g/mol. The van der Waals surface area contributed by atoms with Gasteiger partial charge >= 0.3 is 5.69 Å². The number of aryl methyl sites for hydroxylation is 1. The van der Waals surface area contributed by atoms with Crippen molar-refractivity contribution < 1.29 is 19.7 Å². The van der Waals surface area contributed by atoms with Gasteiger partial charge in [-0.25, -0.2) is 14.2 Å². The summed E-state index contributed by atoms with van der Waals surface area (Å²) >= 11 is 6.52. The Kier molecular flexibility index (Phi) is 7.70. The number of anilines is 1. The lowest BCUT2D eigenvalue weighted by Crippen LogP contribution is -2.52. The summed E-state index contributed by atoms with van der Waals surface area (Å²) in [5, 5.41) is 31.1. The number of nitrogens with zero attached hydrogens (tertiary/aromatic N) is 5. The number of hydrogen-bond donors (Lipinski definition) is 3. The van der Waals surface area contributed by atoms with E-state index in [1.165, 1.54) is 21.3 Å². The Morgan fingerprint density at radius 1 is 1.02 bits per heavy atom. The van der Waals surface area contributed by atoms with Crippen molar-refractivity contribution in [3.8, 4) is 33.7 Å². The molecule has 210 valence electrons. The number of phenols is 1. The van der Waals surface area contributed by atoms with Crippen LogP contribution in [0.4, 0.5) is 10.2 Å². The lowest BCUT2D eigenvalue weighted by atomic mass is 9.97. The highest BCUT2D eigenvalue weighted by Crippen LogP contribution is 2.41. The van der Waals surface area contributed by atoms with Crippen molar-refractivity contribution in [3.05, 3.63) is 82.4 Å². The smallest absolute Gasteiger partial charge is 0.332 e. The zero-order chi connectivity index (χ0) is 28.6. The minimum absolute atomic E-state index is 0.102. The number of imidazole rings is 1. The Morgan fingerprint density at radius 3 is 2.30 bits per heavy atom. The van der Waals surface area contributed by atoms with Crippen molar-refractivity contribution in [3.63, 3.8) is 0 Å². The Balaban J connectivity index is 1.41. The number of pyridine rings is 1. The molecule has 1 saturated heterocycles. The van der Waals surface area contributed by atoms with Crippen molar-refractivity contribution in [1.82, 2.24) is 19.0 Å². The number of aromatic nitrogens is 3. The SMILES string of the molecule is Cn1ccn(-c2ccc(-c3cc(F)cc(-c4ccnc(N5CCN(C[C@@](C)(O)CO)CC5)c4)c3O)cc2Cl)c1=O. The van der Waals surface area contributed by atoms with Gasteiger partial charge in [0.2, 0.25) is 0 Å². The van der Waals surface area contributed by atoms with E-state index in [1.54, 1.807) is 56.8 Å². The number of aromatic hydroxyl groups is 1. The summed E-state index contributed by atoms with van der Waals surface area (Å²) in [6, 6.07) is 11.0. The van der Waals surface area contributed by atoms with Gasteiger partial charge in [-0.3, -0.25) is 9.47 Å². The molecule has 3 heterocycles. The van der Waals surface area contributed by atoms with Gasteiger partial charge in [0.05, 0.1) is 22.9 Å². The van der Waals surface area contributed by atoms with E-state index in [2.05, 4.69) is 14.8 Å². The van der Waals surface area contributed by atoms with Gasteiger partial charge in [-0.15, -0.1) is 0 Å². The van der Waals surface area contributed by atoms with Gasteiger partial charge < -0.3 is 24.8 Å². The summed E-state index contributed by atoms with van der Waals surface area (Å²) in [4.78, 5) is 21.0. The molecule has 0 bridgehead atoms. The quantitative estimate of drug-likeness (QED) is 0.315. The molecule has 0 spiro atoms. The number of piperazine rings is 1. The molecule has 3 N–H and O–H groups in total. The van der Waals surface area contributed by atoms with Gasteiger partial charge in [-0.1, -0.05) is 17.7 Å². The molecule has 1 atom stereocenters. The Bertz CT molecular complexity index is 1590. The molecule has 0 radical (unpaired) electrons. The number of hydrogen-bond acceptors (Lipinski definition) is 7. The number of phenolic OH excluding ortho intramolecular Hbond substituents is 1. The van der Waals surface area contributed by atoms with Crippen molar-refractivity contribution in [1.29, 1.82) is 0 Å². The third kappa shape index (κ3) is 5.62. The maximum absolute atomic E-state index is 14.9. The molecule has 2 aromatic heterocycles. The molecule has 2 aromatic carbocycles. The highest BCUT2D eigenvalue weighted by molar-refractivity contribution is 6.32. The van der Waals surface area contributed by atoms with Crippen molar-refractivity contribution >= 4 is 17.4 Å². The van der Waals surface area contributed by atoms with Gasteiger partial charge in [0.15, 0.2) is 0 Å². The molecule has 1 aliphatic rings. The largest absolute Gasteiger partial charge is 0.507 e. The van der Waals surface area contributed by atoms with Crippen molar-refractivity contribution in [2.75, 3.05) is 44.2 Å². The van der Waals surface area contributed by atoms with E-state index in [0.717, 1.165) is 0 Å². The van der Waals surface area contributed by atoms with E-state index in [9.17, 15) is 24.5 Å². The molecule has 9 nitrogen and oxygen atoms in total. The number of halogens is 2. The molecule has 1 fully saturated rings. The molecule has 40 heavy (non-hydrogen) atoms. The first kappa shape index (κ1) is 27.9. The van der Waals surface area contributed by atoms with E-state index in [4.69, 9.17) is 11.6 Å². The first-order chi connectivity index (χ1) is 19.1. The van der Waals surface area contributed by atoms with Crippen LogP contribution in [0.5, 0.6) is 5.75 Å². The minimum atomic E-state index is -1.16. The van der Waals surface area contributed by atoms with E-state index >= 15 is 0 Å². The predicted molar refractivity (Wildman–Crippen MR) is 153 cm³/mol. The molecule has 11 heteroatoms. The molecule has 1 aliphatic heterocycles. The summed E-state index contributed by atoms with van der Waals surface area (Å²) in [6.07, 6.45) is 4.86. The van der Waals surface area contributed by atoms with Crippen molar-refractivity contribution in [2.24, 2.45) is 7.05 Å². The summed E-state index contributed by atoms with van der Waals surface area (Å²) in [7, 11) is 1.64. The van der Waals surface area contributed by atoms with Crippen LogP contribution >= 0.6 is 11.6 Å². The Labute approximate surface area is 235 Å². The van der Waals surface area contributed by atoms with Crippen LogP contribution in [0, 0.1) is 5.82 Å². The topological polar surface area (TPSA) is 107 Å². The third-order valence-electron chi connectivity index (χ3n) is 7.20. The van der Waals surface area contributed by atoms with E-state index in [1.807, 2.05) is 6.07 Å². The first-order valence-electron chi connectivity index (χ1n) is 12.9. The third-order valence-corrected chi connectivity index (χ3v) is 7.50. The maximum atomic E-state index is 14.9. The second kappa shape index (κ2) is 11.1. The zero-order valence-corrected chi connectivity index (χ0v) is 23.0. The fourth-order valence-corrected chi connectivity index (χ4v) is 5.25. The predicted octanol–water partition coefficient (Wildman–Crippen LogP) is 3.27. The minimum Gasteiger partial charge on any atom is -0.507 e. The maximum Gasteiger partial charge on any atom is 0.332 e. The molecule has 0 amide bonds. The van der Waals surface area contributed by atoms with Crippen LogP contribution in [-0.2, 0) is 7.05 Å². The number of benzene rings is 2. The van der Waals surface area contributed by atoms with E-state index < -0.39 is 11.4 Å². The standard InChI is InChI=1S/C29H31ClFN5O4/c1-29(40,18-37)17-34-8-10-35(11-9-34)26-14-20(5-6-32-26)23-16-21(31)15-22(27(23)38)19-3-4-25(24(30)13-19)36-12-7-33(2)28(36)39/h3-7,12-16,37-38,40H,8-11,17-18H2,1-2H3/t29-/m1/s1. The molecule has 4 aromatic rings. The first-order valence-corrected chi connectivity index (χ1v) is 13.3. The summed E-state index contributed by atoms with van der Waals surface area (Å²) < 4.78 is 17.7. The zero-order valence-electron chi connectivity index (χ0n) is 22.3. The van der Waals surface area contributed by atoms with E-state index in [-0.39, 0.29) is 28.6 Å². The average Bonchev–Trinajstić information content (AvgIpc) is 3.27. The van der Waals surface area contributed by atoms with Gasteiger partial charge in [0.25, 0.3) is 0 Å². The summed E-state index contributed by atoms with van der Waals surface area (Å²) in [5.41, 5.74) is 0.759. The molecule has 5 rings (SSSR count). The molecule has 0 saturated carbocycles. The van der Waals surface area contributed by atoms with Crippen LogP contribution in [-0.4, -0.2) is 79.3 Å². The highest BCUT2D eigenvalue weighted by atomic mass is 35.5. The van der Waals surface area contributed by atoms with Crippen LogP contribution in [0.15, 0.2) is 65.8 Å². The lowest BCUT2D eigenvalue weighted by molar-refractivity contribution is -0.0263. The summed E-state index contributed by atoms with van der Waals surface area (Å²) in [6.45, 7) is 4.36. The number of β-amino-alcohol motifs (C(OH)–C–C–N with tert-alkyl or cyclic N) is 1. The lowest BCUT2D eigenvalue weighted by Gasteiger charge is -2.38. The van der Waals surface area contributed by atoms with Gasteiger partial charge in [0.1, 0.15) is 17.4 Å². The van der Waals surface area contributed by atoms with Crippen LogP contribution in [0.25, 0.3) is 27.9 Å². The van der Waals surface area contributed by atoms with Crippen LogP contribution in [0.3, 0.4) is 0 Å². The van der Waals surface area contributed by atoms with Gasteiger partial charge in [-0.05, 0) is 54.4 Å². The Hall–Kier alpha value is -3.70. The van der Waals surface area contributed by atoms with Crippen LogP contribution in [0.1, 0.15) is 6.92 Å². The monoisotopic (exact) mass is 567 g/mol. The van der Waals surface area contributed by atoms with Crippen LogP contribution in [0.2, 0.25) is 5.02 Å². The molecule has 0 unspecified atom stereocenters. The van der Waals surface area contributed by atoms with Gasteiger partial charge in [0, 0.05) is 69.5 Å². The summed E-state index contributed by atoms with van der Waals surface area (Å²) in [5.74, 6) is 0.0671. The van der Waals surface area contributed by atoms with Crippen LogP contribution < -0.4 is 10.6 Å². The fourth-order valence-electron chi connectivity index (χ4n) is 4.98. The second-order valence-corrected chi connectivity index (χ2v) is 10.8. The fraction of sp³-hybridized carbons (Fsp3) is 0.310.